The van der Waals surface area contributed by atoms with Gasteiger partial charge in [0.25, 0.3) is 0 Å². The van der Waals surface area contributed by atoms with Crippen LogP contribution in [0.5, 0.6) is 0 Å². The number of hydrogen-bond acceptors (Lipinski definition) is 3. The molecule has 0 aromatic heterocycles. The lowest BCUT2D eigenvalue weighted by molar-refractivity contribution is -0.0220. The molecule has 0 unspecified atom stereocenters. The van der Waals surface area contributed by atoms with Crippen molar-refractivity contribution in [2.24, 2.45) is 0 Å². The van der Waals surface area contributed by atoms with Gasteiger partial charge in [0.15, 0.2) is 0 Å². The van der Waals surface area contributed by atoms with E-state index in [4.69, 9.17) is 4.74 Å². The van der Waals surface area contributed by atoms with Crippen LogP contribution in [-0.2, 0) is 4.74 Å². The molecule has 1 amide bonds. The van der Waals surface area contributed by atoms with Gasteiger partial charge in [-0.3, -0.25) is 0 Å². The zero-order valence-electron chi connectivity index (χ0n) is 11.0. The van der Waals surface area contributed by atoms with Crippen LogP contribution in [0.25, 0.3) is 0 Å². The Labute approximate surface area is 102 Å². The quantitative estimate of drug-likeness (QED) is 0.713. The number of carbonyl (C=O) groups is 1. The minimum atomic E-state index is -1.35. The van der Waals surface area contributed by atoms with E-state index in [1.165, 1.54) is 11.8 Å². The Morgan fingerprint density at radius 1 is 1.47 bits per heavy atom. The summed E-state index contributed by atoms with van der Waals surface area (Å²) in [5.41, 5.74) is -1.90. The summed E-state index contributed by atoms with van der Waals surface area (Å²) in [6, 6.07) is 0. The topological polar surface area (TPSA) is 49.8 Å². The molecular weight excluding hydrogens is 225 g/mol. The highest BCUT2D eigenvalue weighted by Crippen LogP contribution is 2.25. The summed E-state index contributed by atoms with van der Waals surface area (Å²) in [6.45, 7) is 7.44. The second-order valence-corrected chi connectivity index (χ2v) is 5.83. The Morgan fingerprint density at radius 2 is 2.06 bits per heavy atom. The fraction of sp³-hybridized carbons (Fsp3) is 0.917. The summed E-state index contributed by atoms with van der Waals surface area (Å²) in [6.07, 6.45) is -1.36. The predicted molar refractivity (Wildman–Crippen MR) is 62.6 cm³/mol. The first kappa shape index (κ1) is 14.2. The maximum atomic E-state index is 13.6. The van der Waals surface area contributed by atoms with Gasteiger partial charge in [0.05, 0.1) is 5.60 Å². The van der Waals surface area contributed by atoms with Crippen LogP contribution in [-0.4, -0.2) is 46.6 Å². The monoisotopic (exact) mass is 247 g/mol. The van der Waals surface area contributed by atoms with Gasteiger partial charge in [-0.1, -0.05) is 0 Å². The zero-order valence-corrected chi connectivity index (χ0v) is 11.0. The van der Waals surface area contributed by atoms with E-state index in [0.29, 0.717) is 6.54 Å². The third kappa shape index (κ3) is 4.15. The van der Waals surface area contributed by atoms with E-state index in [1.54, 1.807) is 20.8 Å². The molecule has 1 rings (SSSR count). The number of amides is 1. The molecule has 0 saturated carbocycles. The molecule has 1 aliphatic heterocycles. The summed E-state index contributed by atoms with van der Waals surface area (Å²) in [5.74, 6) is 0. The summed E-state index contributed by atoms with van der Waals surface area (Å²) < 4.78 is 18.8. The third-order valence-electron chi connectivity index (χ3n) is 2.87. The SMILES string of the molecule is CC(C)(C)OC(=O)N1CC[C@H](F)[C@@](C)(O)CC1. The number of ether oxygens (including phenoxy) is 1. The predicted octanol–water partition coefficient (Wildman–Crippen LogP) is 2.11. The maximum absolute atomic E-state index is 13.6. The van der Waals surface area contributed by atoms with Crippen molar-refractivity contribution in [2.45, 2.75) is 57.9 Å². The van der Waals surface area contributed by atoms with Gasteiger partial charge >= 0.3 is 6.09 Å². The minimum Gasteiger partial charge on any atom is -0.444 e. The lowest BCUT2D eigenvalue weighted by atomic mass is 9.96. The molecule has 2 atom stereocenters. The molecule has 0 aromatic rings. The average Bonchev–Trinajstić information content (AvgIpc) is 2.25. The molecule has 100 valence electrons. The molecule has 0 spiro atoms. The molecule has 17 heavy (non-hydrogen) atoms. The van der Waals surface area contributed by atoms with E-state index in [0.717, 1.165) is 0 Å². The fourth-order valence-corrected chi connectivity index (χ4v) is 1.72. The van der Waals surface area contributed by atoms with Gasteiger partial charge in [-0.15, -0.1) is 0 Å². The van der Waals surface area contributed by atoms with Crippen LogP contribution >= 0.6 is 0 Å². The van der Waals surface area contributed by atoms with Crippen molar-refractivity contribution in [3.63, 3.8) is 0 Å². The fourth-order valence-electron chi connectivity index (χ4n) is 1.72. The summed E-state index contributed by atoms with van der Waals surface area (Å²) in [5, 5.41) is 9.80. The first-order valence-electron chi connectivity index (χ1n) is 5.96. The molecule has 0 aliphatic carbocycles. The highest BCUT2D eigenvalue weighted by Gasteiger charge is 2.37. The molecule has 1 fully saturated rings. The van der Waals surface area contributed by atoms with E-state index in [2.05, 4.69) is 0 Å². The van der Waals surface area contributed by atoms with Crippen molar-refractivity contribution in [3.8, 4) is 0 Å². The molecule has 0 radical (unpaired) electrons. The van der Waals surface area contributed by atoms with Gasteiger partial charge in [0.2, 0.25) is 0 Å². The number of aliphatic hydroxyl groups is 1. The van der Waals surface area contributed by atoms with Crippen LogP contribution in [0.2, 0.25) is 0 Å². The van der Waals surface area contributed by atoms with Crippen molar-refractivity contribution in [1.29, 1.82) is 0 Å². The van der Waals surface area contributed by atoms with Gasteiger partial charge < -0.3 is 14.7 Å². The Hall–Kier alpha value is -0.840. The van der Waals surface area contributed by atoms with Gasteiger partial charge in [-0.2, -0.15) is 0 Å². The highest BCUT2D eigenvalue weighted by molar-refractivity contribution is 5.68. The zero-order chi connectivity index (χ0) is 13.3. The van der Waals surface area contributed by atoms with E-state index >= 15 is 0 Å². The van der Waals surface area contributed by atoms with Crippen molar-refractivity contribution < 1.29 is 19.0 Å². The van der Waals surface area contributed by atoms with Crippen LogP contribution < -0.4 is 0 Å². The van der Waals surface area contributed by atoms with Crippen LogP contribution in [0.15, 0.2) is 0 Å². The number of likely N-dealkylation sites (tertiary alicyclic amines) is 1. The van der Waals surface area contributed by atoms with Crippen LogP contribution in [0.3, 0.4) is 0 Å². The minimum absolute atomic E-state index is 0.145. The van der Waals surface area contributed by atoms with Crippen LogP contribution in [0.1, 0.15) is 40.5 Å². The van der Waals surface area contributed by atoms with E-state index in [9.17, 15) is 14.3 Å². The molecule has 0 aromatic carbocycles. The highest BCUT2D eigenvalue weighted by atomic mass is 19.1. The van der Waals surface area contributed by atoms with Gasteiger partial charge in [0.1, 0.15) is 11.8 Å². The van der Waals surface area contributed by atoms with Crippen molar-refractivity contribution >= 4 is 6.09 Å². The Balaban J connectivity index is 2.60. The first-order chi connectivity index (χ1) is 7.62. The number of nitrogens with zero attached hydrogens (tertiary/aromatic N) is 1. The Bertz CT molecular complexity index is 286. The smallest absolute Gasteiger partial charge is 0.410 e. The van der Waals surface area contributed by atoms with Crippen molar-refractivity contribution in [3.05, 3.63) is 0 Å². The first-order valence-corrected chi connectivity index (χ1v) is 5.96. The second-order valence-electron chi connectivity index (χ2n) is 5.83. The Kier molecular flexibility index (Phi) is 4.02. The van der Waals surface area contributed by atoms with E-state index in [1.807, 2.05) is 0 Å². The van der Waals surface area contributed by atoms with E-state index in [-0.39, 0.29) is 19.4 Å². The van der Waals surface area contributed by atoms with Crippen molar-refractivity contribution in [2.75, 3.05) is 13.1 Å². The van der Waals surface area contributed by atoms with Gasteiger partial charge in [0, 0.05) is 13.1 Å². The molecule has 4 nitrogen and oxygen atoms in total. The largest absolute Gasteiger partial charge is 0.444 e. The standard InChI is InChI=1S/C12H22FNO3/c1-11(2,3)17-10(15)14-7-5-9(13)12(4,16)6-8-14/h9,16H,5-8H2,1-4H3/t9-,12-/m0/s1. The van der Waals surface area contributed by atoms with Crippen LogP contribution in [0, 0.1) is 0 Å². The molecule has 1 N–H and O–H groups in total. The van der Waals surface area contributed by atoms with Crippen LogP contribution in [0.4, 0.5) is 9.18 Å². The number of halogens is 1. The average molecular weight is 247 g/mol. The van der Waals surface area contributed by atoms with Gasteiger partial charge in [-0.25, -0.2) is 9.18 Å². The molecule has 1 heterocycles. The summed E-state index contributed by atoms with van der Waals surface area (Å²) in [4.78, 5) is 13.2. The second kappa shape index (κ2) is 4.80. The van der Waals surface area contributed by atoms with Gasteiger partial charge in [-0.05, 0) is 40.5 Å². The molecule has 0 bridgehead atoms. The maximum Gasteiger partial charge on any atom is 0.410 e. The third-order valence-corrected chi connectivity index (χ3v) is 2.87. The summed E-state index contributed by atoms with van der Waals surface area (Å²) in [7, 11) is 0. The molecule has 5 heteroatoms. The lowest BCUT2D eigenvalue weighted by Gasteiger charge is -2.26. The Morgan fingerprint density at radius 3 is 2.59 bits per heavy atom. The number of hydrogen-bond donors (Lipinski definition) is 1. The number of carbonyl (C=O) groups excluding carboxylic acids is 1. The normalized spacial score (nSPS) is 30.9. The number of alkyl halides is 1. The number of rotatable bonds is 0. The van der Waals surface area contributed by atoms with Crippen molar-refractivity contribution in [1.82, 2.24) is 4.90 Å². The molecule has 1 aliphatic rings. The summed E-state index contributed by atoms with van der Waals surface area (Å²) >= 11 is 0. The lowest BCUT2D eigenvalue weighted by Crippen LogP contribution is -2.38. The molecule has 1 saturated heterocycles. The van der Waals surface area contributed by atoms with E-state index < -0.39 is 23.5 Å². The molecular formula is C12H22FNO3.